The van der Waals surface area contributed by atoms with Crippen LogP contribution in [0.15, 0.2) is 12.2 Å². The van der Waals surface area contributed by atoms with Gasteiger partial charge in [-0.15, -0.1) is 0 Å². The number of nitro groups is 1. The van der Waals surface area contributed by atoms with Crippen molar-refractivity contribution >= 4 is 11.5 Å². The van der Waals surface area contributed by atoms with Gasteiger partial charge in [0.05, 0.1) is 4.92 Å². The third kappa shape index (κ3) is 3.04. The molecule has 0 bridgehead atoms. The molecule has 0 aliphatic rings. The SMILES string of the molecule is CCn1nc(C)c([N+](=O)[O-])c1NC/C=C/CN. The Bertz CT molecular complexity index is 425. The van der Waals surface area contributed by atoms with E-state index in [0.29, 0.717) is 31.1 Å². The van der Waals surface area contributed by atoms with E-state index in [1.165, 1.54) is 0 Å². The molecule has 0 fully saturated rings. The quantitative estimate of drug-likeness (QED) is 0.439. The Balaban J connectivity index is 2.94. The lowest BCUT2D eigenvalue weighted by Crippen LogP contribution is -2.08. The van der Waals surface area contributed by atoms with E-state index in [1.807, 2.05) is 13.0 Å². The number of anilines is 1. The van der Waals surface area contributed by atoms with Crippen LogP contribution in [0.4, 0.5) is 11.5 Å². The number of nitrogens with one attached hydrogen (secondary N) is 1. The van der Waals surface area contributed by atoms with Crippen molar-refractivity contribution in [3.63, 3.8) is 0 Å². The summed E-state index contributed by atoms with van der Waals surface area (Å²) in [5.41, 5.74) is 5.76. The molecule has 0 atom stereocenters. The van der Waals surface area contributed by atoms with Crippen LogP contribution < -0.4 is 11.1 Å². The Morgan fingerprint density at radius 1 is 1.59 bits per heavy atom. The van der Waals surface area contributed by atoms with Crippen LogP contribution in [-0.4, -0.2) is 27.8 Å². The van der Waals surface area contributed by atoms with E-state index in [0.717, 1.165) is 0 Å². The second kappa shape index (κ2) is 6.00. The third-order valence-corrected chi connectivity index (χ3v) is 2.27. The highest BCUT2D eigenvalue weighted by molar-refractivity contribution is 5.59. The first-order chi connectivity index (χ1) is 8.11. The molecule has 94 valence electrons. The fourth-order valence-corrected chi connectivity index (χ4v) is 1.53. The molecular formula is C10H17N5O2. The van der Waals surface area contributed by atoms with Crippen LogP contribution in [0.25, 0.3) is 0 Å². The van der Waals surface area contributed by atoms with E-state index >= 15 is 0 Å². The molecule has 0 aliphatic carbocycles. The maximum Gasteiger partial charge on any atom is 0.333 e. The van der Waals surface area contributed by atoms with Crippen molar-refractivity contribution in [3.05, 3.63) is 28.0 Å². The van der Waals surface area contributed by atoms with Crippen molar-refractivity contribution in [3.8, 4) is 0 Å². The molecule has 0 spiro atoms. The summed E-state index contributed by atoms with van der Waals surface area (Å²) in [6.07, 6.45) is 3.62. The molecule has 0 amide bonds. The predicted octanol–water partition coefficient (Wildman–Crippen LogP) is 1.05. The van der Waals surface area contributed by atoms with Gasteiger partial charge in [0.2, 0.25) is 5.82 Å². The van der Waals surface area contributed by atoms with Crippen LogP contribution in [0.2, 0.25) is 0 Å². The number of nitrogens with two attached hydrogens (primary N) is 1. The van der Waals surface area contributed by atoms with Crippen molar-refractivity contribution in [1.82, 2.24) is 9.78 Å². The standard InChI is InChI=1S/C10H17N5O2/c1-3-14-10(12-7-5-4-6-11)9(15(16)17)8(2)13-14/h4-5,12H,3,6-7,11H2,1-2H3/b5-4+. The summed E-state index contributed by atoms with van der Waals surface area (Å²) in [5.74, 6) is 0.441. The second-order valence-electron chi connectivity index (χ2n) is 3.44. The molecule has 1 heterocycles. The first-order valence-electron chi connectivity index (χ1n) is 5.42. The molecule has 1 aromatic rings. The zero-order chi connectivity index (χ0) is 12.8. The van der Waals surface area contributed by atoms with Gasteiger partial charge in [0.15, 0.2) is 0 Å². The van der Waals surface area contributed by atoms with Crippen molar-refractivity contribution in [1.29, 1.82) is 0 Å². The summed E-state index contributed by atoms with van der Waals surface area (Å²) in [7, 11) is 0. The molecule has 1 aromatic heterocycles. The van der Waals surface area contributed by atoms with E-state index in [1.54, 1.807) is 17.7 Å². The summed E-state index contributed by atoms with van der Waals surface area (Å²) in [5, 5.41) is 18.0. The average molecular weight is 239 g/mol. The molecule has 0 unspecified atom stereocenters. The summed E-state index contributed by atoms with van der Waals surface area (Å²) in [6.45, 7) is 5.04. The van der Waals surface area contributed by atoms with Crippen LogP contribution >= 0.6 is 0 Å². The topological polar surface area (TPSA) is 99.0 Å². The minimum atomic E-state index is -0.413. The van der Waals surface area contributed by atoms with Crippen LogP contribution in [0, 0.1) is 17.0 Å². The van der Waals surface area contributed by atoms with E-state index in [4.69, 9.17) is 5.73 Å². The molecule has 0 aliphatic heterocycles. The Kier molecular flexibility index (Phi) is 4.65. The van der Waals surface area contributed by atoms with Gasteiger partial charge >= 0.3 is 5.69 Å². The number of aromatic nitrogens is 2. The highest BCUT2D eigenvalue weighted by atomic mass is 16.6. The maximum atomic E-state index is 10.9. The van der Waals surface area contributed by atoms with Gasteiger partial charge < -0.3 is 11.1 Å². The molecule has 7 nitrogen and oxygen atoms in total. The molecule has 7 heteroatoms. The Hall–Kier alpha value is -1.89. The number of aryl methyl sites for hydroxylation is 2. The van der Waals surface area contributed by atoms with Gasteiger partial charge in [-0.1, -0.05) is 12.2 Å². The van der Waals surface area contributed by atoms with E-state index in [2.05, 4.69) is 10.4 Å². The molecule has 0 radical (unpaired) electrons. The van der Waals surface area contributed by atoms with Crippen LogP contribution in [0.1, 0.15) is 12.6 Å². The fourth-order valence-electron chi connectivity index (χ4n) is 1.53. The lowest BCUT2D eigenvalue weighted by Gasteiger charge is -2.04. The van der Waals surface area contributed by atoms with Crippen LogP contribution in [-0.2, 0) is 6.54 Å². The second-order valence-corrected chi connectivity index (χ2v) is 3.44. The van der Waals surface area contributed by atoms with Gasteiger partial charge in [0.1, 0.15) is 5.69 Å². The first kappa shape index (κ1) is 13.2. The third-order valence-electron chi connectivity index (χ3n) is 2.27. The molecule has 1 rings (SSSR count). The van der Waals surface area contributed by atoms with Gasteiger partial charge in [-0.2, -0.15) is 5.10 Å². The normalized spacial score (nSPS) is 11.0. The van der Waals surface area contributed by atoms with Crippen molar-refractivity contribution < 1.29 is 4.92 Å². The van der Waals surface area contributed by atoms with Gasteiger partial charge in [-0.25, -0.2) is 4.68 Å². The van der Waals surface area contributed by atoms with Gasteiger partial charge in [0, 0.05) is 19.6 Å². The number of hydrogen-bond acceptors (Lipinski definition) is 5. The molecule has 17 heavy (non-hydrogen) atoms. The molecular weight excluding hydrogens is 222 g/mol. The number of hydrogen-bond donors (Lipinski definition) is 2. The summed E-state index contributed by atoms with van der Waals surface area (Å²) < 4.78 is 1.59. The van der Waals surface area contributed by atoms with E-state index in [-0.39, 0.29) is 5.69 Å². The van der Waals surface area contributed by atoms with Crippen molar-refractivity contribution in [2.24, 2.45) is 5.73 Å². The Morgan fingerprint density at radius 2 is 2.29 bits per heavy atom. The van der Waals surface area contributed by atoms with Crippen molar-refractivity contribution in [2.45, 2.75) is 20.4 Å². The predicted molar refractivity (Wildman–Crippen MR) is 66.0 cm³/mol. The minimum absolute atomic E-state index is 0.0352. The van der Waals surface area contributed by atoms with Gasteiger partial charge in [-0.05, 0) is 13.8 Å². The fraction of sp³-hybridized carbons (Fsp3) is 0.500. The molecule has 0 saturated heterocycles. The first-order valence-corrected chi connectivity index (χ1v) is 5.42. The molecule has 3 N–H and O–H groups in total. The highest BCUT2D eigenvalue weighted by Crippen LogP contribution is 2.27. The van der Waals surface area contributed by atoms with Crippen LogP contribution in [0.5, 0.6) is 0 Å². The summed E-state index contributed by atoms with van der Waals surface area (Å²) in [6, 6.07) is 0. The van der Waals surface area contributed by atoms with Gasteiger partial charge in [-0.3, -0.25) is 10.1 Å². The Morgan fingerprint density at radius 3 is 2.82 bits per heavy atom. The smallest absolute Gasteiger partial charge is 0.333 e. The average Bonchev–Trinajstić information content (AvgIpc) is 2.61. The number of nitrogens with zero attached hydrogens (tertiary/aromatic N) is 3. The van der Waals surface area contributed by atoms with E-state index < -0.39 is 4.92 Å². The lowest BCUT2D eigenvalue weighted by atomic mass is 10.4. The molecule has 0 saturated carbocycles. The zero-order valence-electron chi connectivity index (χ0n) is 10.0. The Labute approximate surface area is 99.4 Å². The monoisotopic (exact) mass is 239 g/mol. The summed E-state index contributed by atoms with van der Waals surface area (Å²) >= 11 is 0. The summed E-state index contributed by atoms with van der Waals surface area (Å²) in [4.78, 5) is 10.5. The van der Waals surface area contributed by atoms with E-state index in [9.17, 15) is 10.1 Å². The minimum Gasteiger partial charge on any atom is -0.361 e. The maximum absolute atomic E-state index is 10.9. The number of rotatable bonds is 6. The van der Waals surface area contributed by atoms with Gasteiger partial charge in [0.25, 0.3) is 0 Å². The lowest BCUT2D eigenvalue weighted by molar-refractivity contribution is -0.384. The van der Waals surface area contributed by atoms with Crippen molar-refractivity contribution in [2.75, 3.05) is 18.4 Å². The largest absolute Gasteiger partial charge is 0.361 e. The zero-order valence-corrected chi connectivity index (χ0v) is 10.0. The highest BCUT2D eigenvalue weighted by Gasteiger charge is 2.23. The van der Waals surface area contributed by atoms with Crippen LogP contribution in [0.3, 0.4) is 0 Å². The molecule has 0 aromatic carbocycles.